The van der Waals surface area contributed by atoms with Crippen molar-refractivity contribution >= 4 is 17.7 Å². The summed E-state index contributed by atoms with van der Waals surface area (Å²) in [4.78, 5) is 46.7. The third-order valence-corrected chi connectivity index (χ3v) is 9.85. The standard InChI is InChI=1S/C38H49N5O3/c1-4-42(5-2)26-30-21-22-31-23-24-33(37(45)40-34(28-17-11-7-12-18-28)29-19-13-8-14-20-29)43(31)38(46)35(30)41-36(44)32(39-3)25-27-15-9-6-10-16-27/h6-20,30-35,39H,4-5,21-26H2,1-3H3,(H,40,45)(H,41,44)/t30-,31?,32-,33+,35?/m1/s1. The van der Waals surface area contributed by atoms with Crippen LogP contribution in [0, 0.1) is 5.92 Å². The summed E-state index contributed by atoms with van der Waals surface area (Å²) in [5, 5.41) is 9.66. The van der Waals surface area contributed by atoms with Gasteiger partial charge in [-0.05, 0) is 68.9 Å². The second-order valence-electron chi connectivity index (χ2n) is 12.6. The van der Waals surface area contributed by atoms with Crippen LogP contribution in [0.2, 0.25) is 0 Å². The molecule has 46 heavy (non-hydrogen) atoms. The lowest BCUT2D eigenvalue weighted by Crippen LogP contribution is -2.59. The zero-order valence-corrected chi connectivity index (χ0v) is 27.4. The molecule has 2 fully saturated rings. The van der Waals surface area contributed by atoms with Crippen LogP contribution in [0.1, 0.15) is 62.3 Å². The highest BCUT2D eigenvalue weighted by Crippen LogP contribution is 2.35. The van der Waals surface area contributed by atoms with Crippen molar-refractivity contribution in [2.24, 2.45) is 5.92 Å². The predicted molar refractivity (Wildman–Crippen MR) is 182 cm³/mol. The van der Waals surface area contributed by atoms with Crippen molar-refractivity contribution in [1.29, 1.82) is 0 Å². The van der Waals surface area contributed by atoms with E-state index in [-0.39, 0.29) is 35.7 Å². The van der Waals surface area contributed by atoms with Gasteiger partial charge in [0.1, 0.15) is 12.1 Å². The molecule has 2 aliphatic heterocycles. The Morgan fingerprint density at radius 2 is 1.39 bits per heavy atom. The SMILES string of the molecule is CCN(CC)C[C@H]1CCC2CC[C@@H](C(=O)NC(c3ccccc3)c3ccccc3)N2C(=O)C1NC(=O)[C@@H](Cc1ccccc1)NC. The average Bonchev–Trinajstić information content (AvgIpc) is 3.49. The first kappa shape index (κ1) is 33.4. The zero-order valence-electron chi connectivity index (χ0n) is 27.4. The Hall–Kier alpha value is -4.01. The van der Waals surface area contributed by atoms with Crippen molar-refractivity contribution < 1.29 is 14.4 Å². The Kier molecular flexibility index (Phi) is 11.6. The molecule has 0 radical (unpaired) electrons. The van der Waals surface area contributed by atoms with Gasteiger partial charge in [0.2, 0.25) is 17.7 Å². The predicted octanol–water partition coefficient (Wildman–Crippen LogP) is 4.32. The van der Waals surface area contributed by atoms with E-state index in [2.05, 4.69) is 34.7 Å². The highest BCUT2D eigenvalue weighted by molar-refractivity contribution is 5.94. The Morgan fingerprint density at radius 3 is 1.96 bits per heavy atom. The summed E-state index contributed by atoms with van der Waals surface area (Å²) in [7, 11) is 1.78. The summed E-state index contributed by atoms with van der Waals surface area (Å²) in [6, 6.07) is 27.6. The van der Waals surface area contributed by atoms with Crippen molar-refractivity contribution in [3.8, 4) is 0 Å². The number of benzene rings is 3. The number of hydrogen-bond acceptors (Lipinski definition) is 5. The molecule has 2 saturated heterocycles. The zero-order chi connectivity index (χ0) is 32.5. The first-order chi connectivity index (χ1) is 22.4. The number of fused-ring (bicyclic) bond motifs is 1. The lowest BCUT2D eigenvalue weighted by molar-refractivity contribution is -0.144. The summed E-state index contributed by atoms with van der Waals surface area (Å²) in [6.07, 6.45) is 3.52. The van der Waals surface area contributed by atoms with E-state index in [9.17, 15) is 14.4 Å². The van der Waals surface area contributed by atoms with Gasteiger partial charge in [0, 0.05) is 18.5 Å². The van der Waals surface area contributed by atoms with Gasteiger partial charge in [-0.15, -0.1) is 0 Å². The molecule has 244 valence electrons. The van der Waals surface area contributed by atoms with Gasteiger partial charge in [-0.25, -0.2) is 0 Å². The second-order valence-corrected chi connectivity index (χ2v) is 12.6. The molecule has 5 rings (SSSR count). The van der Waals surface area contributed by atoms with Crippen molar-refractivity contribution in [1.82, 2.24) is 25.8 Å². The Morgan fingerprint density at radius 1 is 0.826 bits per heavy atom. The Labute approximate surface area is 273 Å². The molecule has 0 bridgehead atoms. The van der Waals surface area contributed by atoms with E-state index in [1.165, 1.54) is 0 Å². The van der Waals surface area contributed by atoms with E-state index < -0.39 is 18.1 Å². The van der Waals surface area contributed by atoms with Crippen LogP contribution in [0.15, 0.2) is 91.0 Å². The first-order valence-electron chi connectivity index (χ1n) is 16.9. The molecule has 3 aromatic rings. The van der Waals surface area contributed by atoms with E-state index in [1.807, 2.05) is 95.9 Å². The summed E-state index contributed by atoms with van der Waals surface area (Å²) in [5.74, 6) is -0.545. The molecule has 5 atom stereocenters. The molecule has 3 amide bonds. The number of nitrogens with zero attached hydrogens (tertiary/aromatic N) is 2. The second kappa shape index (κ2) is 16.0. The van der Waals surface area contributed by atoms with Crippen LogP contribution in [-0.4, -0.2) is 78.4 Å². The fraction of sp³-hybridized carbons (Fsp3) is 0.447. The normalized spacial score (nSPS) is 21.9. The molecule has 2 aliphatic rings. The Bertz CT molecular complexity index is 1380. The topological polar surface area (TPSA) is 93.8 Å². The molecule has 2 unspecified atom stereocenters. The molecular weight excluding hydrogens is 574 g/mol. The van der Waals surface area contributed by atoms with Gasteiger partial charge >= 0.3 is 0 Å². The maximum atomic E-state index is 14.6. The van der Waals surface area contributed by atoms with Gasteiger partial charge in [-0.2, -0.15) is 0 Å². The minimum Gasteiger partial charge on any atom is -0.343 e. The molecule has 0 aliphatic carbocycles. The third kappa shape index (κ3) is 7.85. The van der Waals surface area contributed by atoms with Crippen LogP contribution >= 0.6 is 0 Å². The number of amides is 3. The van der Waals surface area contributed by atoms with Crippen molar-refractivity contribution in [2.75, 3.05) is 26.7 Å². The molecule has 8 nitrogen and oxygen atoms in total. The number of carbonyl (C=O) groups is 3. The third-order valence-electron chi connectivity index (χ3n) is 9.85. The summed E-state index contributed by atoms with van der Waals surface area (Å²) in [6.45, 7) is 6.71. The summed E-state index contributed by atoms with van der Waals surface area (Å²) in [5.41, 5.74) is 3.02. The minimum atomic E-state index is -0.711. The maximum Gasteiger partial charge on any atom is 0.246 e. The smallest absolute Gasteiger partial charge is 0.246 e. The van der Waals surface area contributed by atoms with Gasteiger partial charge in [-0.1, -0.05) is 105 Å². The first-order valence-corrected chi connectivity index (χ1v) is 16.9. The molecule has 2 heterocycles. The van der Waals surface area contributed by atoms with E-state index >= 15 is 0 Å². The highest BCUT2D eigenvalue weighted by Gasteiger charge is 2.48. The van der Waals surface area contributed by atoms with Gasteiger partial charge in [0.25, 0.3) is 0 Å². The lowest BCUT2D eigenvalue weighted by Gasteiger charge is -2.34. The largest absolute Gasteiger partial charge is 0.343 e. The molecule has 0 aromatic heterocycles. The van der Waals surface area contributed by atoms with E-state index in [0.717, 1.165) is 49.0 Å². The summed E-state index contributed by atoms with van der Waals surface area (Å²) >= 11 is 0. The fourth-order valence-corrected chi connectivity index (χ4v) is 7.20. The van der Waals surface area contributed by atoms with Crippen LogP contribution in [-0.2, 0) is 20.8 Å². The van der Waals surface area contributed by atoms with Crippen LogP contribution < -0.4 is 16.0 Å². The Balaban J connectivity index is 1.40. The number of hydrogen-bond donors (Lipinski definition) is 3. The highest BCUT2D eigenvalue weighted by atomic mass is 16.2. The van der Waals surface area contributed by atoms with Gasteiger partial charge in [-0.3, -0.25) is 14.4 Å². The molecule has 3 aromatic carbocycles. The van der Waals surface area contributed by atoms with E-state index in [1.54, 1.807) is 7.05 Å². The van der Waals surface area contributed by atoms with Crippen LogP contribution in [0.5, 0.6) is 0 Å². The monoisotopic (exact) mass is 623 g/mol. The maximum absolute atomic E-state index is 14.6. The van der Waals surface area contributed by atoms with Crippen molar-refractivity contribution in [3.05, 3.63) is 108 Å². The van der Waals surface area contributed by atoms with Crippen LogP contribution in [0.4, 0.5) is 0 Å². The van der Waals surface area contributed by atoms with Crippen molar-refractivity contribution in [3.63, 3.8) is 0 Å². The molecule has 0 spiro atoms. The van der Waals surface area contributed by atoms with E-state index in [0.29, 0.717) is 19.4 Å². The van der Waals surface area contributed by atoms with Gasteiger partial charge in [0.05, 0.1) is 12.1 Å². The lowest BCUT2D eigenvalue weighted by atomic mass is 9.92. The van der Waals surface area contributed by atoms with Crippen LogP contribution in [0.3, 0.4) is 0 Å². The number of likely N-dealkylation sites (N-methyl/N-ethyl adjacent to an activating group) is 1. The van der Waals surface area contributed by atoms with Crippen LogP contribution in [0.25, 0.3) is 0 Å². The number of rotatable bonds is 13. The number of carbonyl (C=O) groups excluding carboxylic acids is 3. The number of nitrogens with one attached hydrogen (secondary N) is 3. The minimum absolute atomic E-state index is 0.0272. The molecule has 8 heteroatoms. The fourth-order valence-electron chi connectivity index (χ4n) is 7.20. The summed E-state index contributed by atoms with van der Waals surface area (Å²) < 4.78 is 0. The quantitative estimate of drug-likeness (QED) is 0.264. The average molecular weight is 624 g/mol. The molecule has 3 N–H and O–H groups in total. The van der Waals surface area contributed by atoms with Gasteiger partial charge < -0.3 is 25.8 Å². The van der Waals surface area contributed by atoms with Gasteiger partial charge in [0.15, 0.2) is 0 Å². The molecule has 0 saturated carbocycles. The van der Waals surface area contributed by atoms with E-state index in [4.69, 9.17) is 0 Å². The molecular formula is C38H49N5O3. The van der Waals surface area contributed by atoms with Crippen molar-refractivity contribution in [2.45, 2.75) is 76.2 Å².